The smallest absolute Gasteiger partial charge is 0.317 e. The van der Waals surface area contributed by atoms with Gasteiger partial charge in [-0.3, -0.25) is 4.79 Å². The van der Waals surface area contributed by atoms with E-state index in [1.54, 1.807) is 0 Å². The van der Waals surface area contributed by atoms with Crippen LogP contribution in [0.1, 0.15) is 46.0 Å². The lowest BCUT2D eigenvalue weighted by Crippen LogP contribution is -2.49. The van der Waals surface area contributed by atoms with Gasteiger partial charge in [0.05, 0.1) is 0 Å². The number of carbonyl (C=O) groups excluding carboxylic acids is 2. The maximum Gasteiger partial charge on any atom is 0.317 e. The maximum absolute atomic E-state index is 12.0. The van der Waals surface area contributed by atoms with Gasteiger partial charge in [-0.1, -0.05) is 13.8 Å². The number of amides is 3. The van der Waals surface area contributed by atoms with Gasteiger partial charge >= 0.3 is 6.03 Å². The first kappa shape index (κ1) is 15.1. The zero-order chi connectivity index (χ0) is 14.5. The van der Waals surface area contributed by atoms with Crippen LogP contribution in [0.2, 0.25) is 0 Å². The SMILES string of the molecule is CC(C)CC(=O)N1CCC(NC(=O)N2CCCC2)CC1. The van der Waals surface area contributed by atoms with Crippen LogP contribution in [0.15, 0.2) is 0 Å². The average Bonchev–Trinajstić information content (AvgIpc) is 2.92. The molecule has 1 N–H and O–H groups in total. The Morgan fingerprint density at radius 2 is 1.65 bits per heavy atom. The molecular weight excluding hydrogens is 254 g/mol. The largest absolute Gasteiger partial charge is 0.343 e. The van der Waals surface area contributed by atoms with Gasteiger partial charge in [0, 0.05) is 38.6 Å². The summed E-state index contributed by atoms with van der Waals surface area (Å²) in [5.74, 6) is 0.666. The molecule has 5 nitrogen and oxygen atoms in total. The van der Waals surface area contributed by atoms with E-state index in [0.717, 1.165) is 51.9 Å². The lowest BCUT2D eigenvalue weighted by molar-refractivity contribution is -0.133. The Bertz CT molecular complexity index is 343. The van der Waals surface area contributed by atoms with Crippen LogP contribution >= 0.6 is 0 Å². The van der Waals surface area contributed by atoms with Crippen LogP contribution in [0.5, 0.6) is 0 Å². The van der Waals surface area contributed by atoms with Gasteiger partial charge in [-0.15, -0.1) is 0 Å². The van der Waals surface area contributed by atoms with Gasteiger partial charge in [0.15, 0.2) is 0 Å². The quantitative estimate of drug-likeness (QED) is 0.858. The Morgan fingerprint density at radius 1 is 1.05 bits per heavy atom. The highest BCUT2D eigenvalue weighted by molar-refractivity contribution is 5.77. The molecule has 114 valence electrons. The Hall–Kier alpha value is -1.26. The van der Waals surface area contributed by atoms with E-state index >= 15 is 0 Å². The minimum Gasteiger partial charge on any atom is -0.343 e. The van der Waals surface area contributed by atoms with Crippen molar-refractivity contribution < 1.29 is 9.59 Å². The van der Waals surface area contributed by atoms with E-state index in [1.807, 2.05) is 9.80 Å². The molecule has 2 saturated heterocycles. The second kappa shape index (κ2) is 6.95. The normalized spacial score (nSPS) is 20.6. The molecule has 2 aliphatic heterocycles. The minimum absolute atomic E-state index is 0.0782. The third-order valence-corrected chi connectivity index (χ3v) is 4.15. The summed E-state index contributed by atoms with van der Waals surface area (Å²) in [5.41, 5.74) is 0. The molecule has 0 unspecified atom stereocenters. The van der Waals surface area contributed by atoms with Crippen molar-refractivity contribution >= 4 is 11.9 Å². The molecule has 0 radical (unpaired) electrons. The van der Waals surface area contributed by atoms with Gasteiger partial charge < -0.3 is 15.1 Å². The molecule has 2 heterocycles. The Morgan fingerprint density at radius 3 is 2.20 bits per heavy atom. The molecular formula is C15H27N3O2. The number of hydrogen-bond acceptors (Lipinski definition) is 2. The fourth-order valence-electron chi connectivity index (χ4n) is 2.94. The summed E-state index contributed by atoms with van der Waals surface area (Å²) in [4.78, 5) is 27.8. The van der Waals surface area contributed by atoms with Crippen molar-refractivity contribution in [2.24, 2.45) is 5.92 Å². The minimum atomic E-state index is 0.0782. The number of piperidine rings is 1. The molecule has 2 rings (SSSR count). The van der Waals surface area contributed by atoms with E-state index < -0.39 is 0 Å². The van der Waals surface area contributed by atoms with Crippen molar-refractivity contribution in [1.29, 1.82) is 0 Å². The van der Waals surface area contributed by atoms with Crippen LogP contribution in [0.3, 0.4) is 0 Å². The van der Waals surface area contributed by atoms with E-state index in [-0.39, 0.29) is 18.0 Å². The lowest BCUT2D eigenvalue weighted by Gasteiger charge is -2.33. The second-order valence-corrected chi connectivity index (χ2v) is 6.40. The summed E-state index contributed by atoms with van der Waals surface area (Å²) < 4.78 is 0. The van der Waals surface area contributed by atoms with Crippen LogP contribution in [-0.4, -0.2) is 54.0 Å². The number of carbonyl (C=O) groups is 2. The summed E-state index contributed by atoms with van der Waals surface area (Å²) in [6, 6.07) is 0.306. The first-order chi connectivity index (χ1) is 9.56. The molecule has 0 spiro atoms. The van der Waals surface area contributed by atoms with Crippen molar-refractivity contribution in [3.05, 3.63) is 0 Å². The Kier molecular flexibility index (Phi) is 5.26. The maximum atomic E-state index is 12.0. The average molecular weight is 281 g/mol. The summed E-state index contributed by atoms with van der Waals surface area (Å²) in [6.07, 6.45) is 4.63. The van der Waals surface area contributed by atoms with E-state index in [0.29, 0.717) is 12.3 Å². The first-order valence-corrected chi connectivity index (χ1v) is 7.89. The number of nitrogens with one attached hydrogen (secondary N) is 1. The molecule has 3 amide bonds. The first-order valence-electron chi connectivity index (χ1n) is 7.89. The third-order valence-electron chi connectivity index (χ3n) is 4.15. The molecule has 0 atom stereocenters. The molecule has 0 aromatic heterocycles. The molecule has 5 heteroatoms. The van der Waals surface area contributed by atoms with Gasteiger partial charge in [-0.2, -0.15) is 0 Å². The number of likely N-dealkylation sites (tertiary alicyclic amines) is 2. The predicted molar refractivity (Wildman–Crippen MR) is 78.4 cm³/mol. The molecule has 0 aliphatic carbocycles. The van der Waals surface area contributed by atoms with E-state index in [4.69, 9.17) is 0 Å². The Balaban J connectivity index is 1.71. The van der Waals surface area contributed by atoms with Crippen molar-refractivity contribution in [2.45, 2.75) is 52.0 Å². The molecule has 0 aromatic carbocycles. The van der Waals surface area contributed by atoms with Gasteiger partial charge in [0.1, 0.15) is 0 Å². The highest BCUT2D eigenvalue weighted by atomic mass is 16.2. The number of rotatable bonds is 3. The molecule has 20 heavy (non-hydrogen) atoms. The summed E-state index contributed by atoms with van der Waals surface area (Å²) in [5, 5.41) is 3.11. The van der Waals surface area contributed by atoms with E-state index in [9.17, 15) is 9.59 Å². The fourth-order valence-corrected chi connectivity index (χ4v) is 2.94. The molecule has 2 fully saturated rings. The topological polar surface area (TPSA) is 52.7 Å². The van der Waals surface area contributed by atoms with E-state index in [1.165, 1.54) is 0 Å². The zero-order valence-corrected chi connectivity index (χ0v) is 12.7. The zero-order valence-electron chi connectivity index (χ0n) is 12.7. The van der Waals surface area contributed by atoms with Gasteiger partial charge in [-0.05, 0) is 31.6 Å². The molecule has 2 aliphatic rings. The Labute approximate surface area is 121 Å². The van der Waals surface area contributed by atoms with Gasteiger partial charge in [0.25, 0.3) is 0 Å². The number of urea groups is 1. The molecule has 0 aromatic rings. The summed E-state index contributed by atoms with van der Waals surface area (Å²) in [6.45, 7) is 7.46. The van der Waals surface area contributed by atoms with Gasteiger partial charge in [-0.25, -0.2) is 4.79 Å². The summed E-state index contributed by atoms with van der Waals surface area (Å²) in [7, 11) is 0. The van der Waals surface area contributed by atoms with Crippen molar-refractivity contribution in [1.82, 2.24) is 15.1 Å². The van der Waals surface area contributed by atoms with E-state index in [2.05, 4.69) is 19.2 Å². The number of hydrogen-bond donors (Lipinski definition) is 1. The van der Waals surface area contributed by atoms with Crippen LogP contribution in [-0.2, 0) is 4.79 Å². The van der Waals surface area contributed by atoms with Crippen LogP contribution in [0.25, 0.3) is 0 Å². The summed E-state index contributed by atoms with van der Waals surface area (Å²) >= 11 is 0. The third kappa shape index (κ3) is 4.12. The van der Waals surface area contributed by atoms with Gasteiger partial charge in [0.2, 0.25) is 5.91 Å². The van der Waals surface area contributed by atoms with Crippen molar-refractivity contribution in [2.75, 3.05) is 26.2 Å². The standard InChI is InChI=1S/C15H27N3O2/c1-12(2)11-14(19)17-9-5-13(6-10-17)16-15(20)18-7-3-4-8-18/h12-13H,3-11H2,1-2H3,(H,16,20). The fraction of sp³-hybridized carbons (Fsp3) is 0.867. The van der Waals surface area contributed by atoms with Crippen LogP contribution in [0.4, 0.5) is 4.79 Å². The van der Waals surface area contributed by atoms with Crippen molar-refractivity contribution in [3.63, 3.8) is 0 Å². The monoisotopic (exact) mass is 281 g/mol. The highest BCUT2D eigenvalue weighted by Gasteiger charge is 2.26. The predicted octanol–water partition coefficient (Wildman–Crippen LogP) is 1.83. The molecule has 0 bridgehead atoms. The molecule has 0 saturated carbocycles. The van der Waals surface area contributed by atoms with Crippen LogP contribution < -0.4 is 5.32 Å². The van der Waals surface area contributed by atoms with Crippen molar-refractivity contribution in [3.8, 4) is 0 Å². The van der Waals surface area contributed by atoms with Crippen LogP contribution in [0, 0.1) is 5.92 Å². The number of nitrogens with zero attached hydrogens (tertiary/aromatic N) is 2. The lowest BCUT2D eigenvalue weighted by atomic mass is 10.0. The highest BCUT2D eigenvalue weighted by Crippen LogP contribution is 2.15. The second-order valence-electron chi connectivity index (χ2n) is 6.40.